The quantitative estimate of drug-likeness (QED) is 0.805. The third kappa shape index (κ3) is 2.44. The summed E-state index contributed by atoms with van der Waals surface area (Å²) in [6.07, 6.45) is 3.84. The minimum Gasteiger partial charge on any atom is -0.293 e. The average molecular weight is 251 g/mol. The highest BCUT2D eigenvalue weighted by Gasteiger charge is 2.34. The Morgan fingerprint density at radius 1 is 1.29 bits per heavy atom. The van der Waals surface area contributed by atoms with Gasteiger partial charge in [-0.15, -0.1) is 11.3 Å². The lowest BCUT2D eigenvalue weighted by atomic mass is 9.78. The van der Waals surface area contributed by atoms with E-state index in [1.165, 1.54) is 5.01 Å². The maximum Gasteiger partial charge on any atom is 0.175 e. The number of hydrogen-bond donors (Lipinski definition) is 0. The Morgan fingerprint density at radius 3 is 2.53 bits per heavy atom. The number of thiazole rings is 1. The van der Waals surface area contributed by atoms with Gasteiger partial charge in [-0.25, -0.2) is 4.98 Å². The Kier molecular flexibility index (Phi) is 3.39. The zero-order valence-electron chi connectivity index (χ0n) is 11.2. The number of fused-ring (bicyclic) bond motifs is 1. The smallest absolute Gasteiger partial charge is 0.175 e. The third-order valence-corrected chi connectivity index (χ3v) is 4.89. The van der Waals surface area contributed by atoms with Gasteiger partial charge in [0, 0.05) is 12.3 Å². The first-order valence-corrected chi connectivity index (χ1v) is 7.31. The molecule has 0 N–H and O–H groups in total. The molecule has 0 atom stereocenters. The highest BCUT2D eigenvalue weighted by molar-refractivity contribution is 7.14. The van der Waals surface area contributed by atoms with Crippen LogP contribution in [0.25, 0.3) is 0 Å². The molecule has 3 heteroatoms. The van der Waals surface area contributed by atoms with E-state index in [0.29, 0.717) is 18.1 Å². The van der Waals surface area contributed by atoms with Crippen LogP contribution in [0.1, 0.15) is 73.2 Å². The van der Waals surface area contributed by atoms with E-state index in [9.17, 15) is 4.79 Å². The van der Waals surface area contributed by atoms with Crippen molar-refractivity contribution in [1.82, 2.24) is 4.98 Å². The molecule has 1 aliphatic rings. The van der Waals surface area contributed by atoms with Gasteiger partial charge < -0.3 is 0 Å². The Labute approximate surface area is 107 Å². The number of hydrogen-bond acceptors (Lipinski definition) is 3. The van der Waals surface area contributed by atoms with Crippen molar-refractivity contribution in [3.63, 3.8) is 0 Å². The first-order valence-electron chi connectivity index (χ1n) is 6.49. The van der Waals surface area contributed by atoms with Crippen LogP contribution in [0, 0.1) is 5.41 Å². The van der Waals surface area contributed by atoms with Crippen molar-refractivity contribution in [3.8, 4) is 0 Å². The molecule has 0 radical (unpaired) electrons. The second-order valence-electron chi connectivity index (χ2n) is 5.78. The van der Waals surface area contributed by atoms with E-state index in [2.05, 4.69) is 27.7 Å². The van der Waals surface area contributed by atoms with Crippen molar-refractivity contribution in [2.24, 2.45) is 5.41 Å². The maximum absolute atomic E-state index is 12.1. The van der Waals surface area contributed by atoms with E-state index in [1.807, 2.05) is 0 Å². The second kappa shape index (κ2) is 4.52. The van der Waals surface area contributed by atoms with Crippen molar-refractivity contribution < 1.29 is 4.79 Å². The molecule has 0 aliphatic heterocycles. The molecule has 1 aromatic rings. The van der Waals surface area contributed by atoms with E-state index in [0.717, 1.165) is 29.8 Å². The largest absolute Gasteiger partial charge is 0.293 e. The van der Waals surface area contributed by atoms with Crippen LogP contribution in [0.2, 0.25) is 0 Å². The predicted molar refractivity (Wildman–Crippen MR) is 71.9 cm³/mol. The molecule has 2 rings (SSSR count). The number of carbonyl (C=O) groups excluding carboxylic acids is 1. The molecule has 1 aliphatic carbocycles. The summed E-state index contributed by atoms with van der Waals surface area (Å²) >= 11 is 1.64. The molecule has 0 spiro atoms. The van der Waals surface area contributed by atoms with Crippen LogP contribution in [0.15, 0.2) is 0 Å². The van der Waals surface area contributed by atoms with E-state index in [4.69, 9.17) is 4.98 Å². The number of aromatic nitrogens is 1. The number of Topliss-reactive ketones (excluding diaryl/α,β-unsaturated/α-hetero) is 1. The summed E-state index contributed by atoms with van der Waals surface area (Å²) in [4.78, 5) is 17.8. The number of rotatable bonds is 3. The summed E-state index contributed by atoms with van der Waals surface area (Å²) in [6.45, 7) is 8.70. The molecule has 0 saturated carbocycles. The van der Waals surface area contributed by atoms with E-state index >= 15 is 0 Å². The Balaban J connectivity index is 2.36. The molecule has 0 fully saturated rings. The molecule has 1 aromatic heterocycles. The third-order valence-electron chi connectivity index (χ3n) is 3.59. The lowest BCUT2D eigenvalue weighted by molar-refractivity contribution is 0.0916. The summed E-state index contributed by atoms with van der Waals surface area (Å²) in [7, 11) is 0. The Hall–Kier alpha value is -0.700. The lowest BCUT2D eigenvalue weighted by Crippen LogP contribution is -2.26. The monoisotopic (exact) mass is 251 g/mol. The molecule has 0 saturated heterocycles. The topological polar surface area (TPSA) is 30.0 Å². The molecule has 0 unspecified atom stereocenters. The van der Waals surface area contributed by atoms with Crippen LogP contribution in [-0.4, -0.2) is 10.8 Å². The molecule has 2 nitrogen and oxygen atoms in total. The van der Waals surface area contributed by atoms with Crippen LogP contribution < -0.4 is 0 Å². The van der Waals surface area contributed by atoms with Gasteiger partial charge in [0.2, 0.25) is 0 Å². The fourth-order valence-electron chi connectivity index (χ4n) is 2.55. The van der Waals surface area contributed by atoms with Crippen molar-refractivity contribution >= 4 is 17.1 Å². The van der Waals surface area contributed by atoms with Gasteiger partial charge >= 0.3 is 0 Å². The van der Waals surface area contributed by atoms with Gasteiger partial charge in [-0.2, -0.15) is 0 Å². The number of nitrogens with zero attached hydrogens (tertiary/aromatic N) is 1. The summed E-state index contributed by atoms with van der Waals surface area (Å²) in [5, 5.41) is 1.17. The van der Waals surface area contributed by atoms with Crippen molar-refractivity contribution in [2.75, 3.05) is 0 Å². The molecule has 0 aromatic carbocycles. The number of ketones is 1. The van der Waals surface area contributed by atoms with Gasteiger partial charge in [0.1, 0.15) is 0 Å². The molecule has 17 heavy (non-hydrogen) atoms. The van der Waals surface area contributed by atoms with Crippen LogP contribution in [0.4, 0.5) is 0 Å². The fourth-order valence-corrected chi connectivity index (χ4v) is 3.84. The van der Waals surface area contributed by atoms with Gasteiger partial charge in [0.05, 0.1) is 15.6 Å². The van der Waals surface area contributed by atoms with E-state index in [-0.39, 0.29) is 5.41 Å². The van der Waals surface area contributed by atoms with E-state index in [1.54, 1.807) is 11.3 Å². The fraction of sp³-hybridized carbons (Fsp3) is 0.714. The van der Waals surface area contributed by atoms with Crippen molar-refractivity contribution in [1.29, 1.82) is 0 Å². The summed E-state index contributed by atoms with van der Waals surface area (Å²) < 4.78 is 0. The minimum atomic E-state index is 0.0867. The lowest BCUT2D eigenvalue weighted by Gasteiger charge is -2.26. The van der Waals surface area contributed by atoms with Gasteiger partial charge in [0.15, 0.2) is 5.78 Å². The van der Waals surface area contributed by atoms with Gasteiger partial charge in [0.25, 0.3) is 0 Å². The van der Waals surface area contributed by atoms with E-state index < -0.39 is 0 Å². The highest BCUT2D eigenvalue weighted by Crippen LogP contribution is 2.39. The summed E-state index contributed by atoms with van der Waals surface area (Å²) in [5.74, 6) is 0.826. The SMILES string of the molecule is CCC(CC)c1nc2c(s1)C(=O)CC(C)(C)C2. The normalized spacial score (nSPS) is 18.5. The van der Waals surface area contributed by atoms with Crippen molar-refractivity contribution in [3.05, 3.63) is 15.6 Å². The van der Waals surface area contributed by atoms with Crippen LogP contribution in [-0.2, 0) is 6.42 Å². The molecule has 1 heterocycles. The first kappa shape index (κ1) is 12.7. The van der Waals surface area contributed by atoms with Gasteiger partial charge in [-0.3, -0.25) is 4.79 Å². The molecule has 94 valence electrons. The standard InChI is InChI=1S/C14H21NOS/c1-5-9(6-2)13-15-10-7-14(3,4)8-11(16)12(10)17-13/h9H,5-8H2,1-4H3. The zero-order valence-corrected chi connectivity index (χ0v) is 12.0. The Bertz CT molecular complexity index is 429. The zero-order chi connectivity index (χ0) is 12.6. The molecule has 0 amide bonds. The number of carbonyl (C=O) groups is 1. The molecular weight excluding hydrogens is 230 g/mol. The Morgan fingerprint density at radius 2 is 1.94 bits per heavy atom. The van der Waals surface area contributed by atoms with Crippen LogP contribution in [0.3, 0.4) is 0 Å². The molecule has 0 bridgehead atoms. The van der Waals surface area contributed by atoms with Crippen LogP contribution >= 0.6 is 11.3 Å². The summed E-state index contributed by atoms with van der Waals surface area (Å²) in [6, 6.07) is 0. The van der Waals surface area contributed by atoms with Gasteiger partial charge in [-0.05, 0) is 24.7 Å². The van der Waals surface area contributed by atoms with Gasteiger partial charge in [-0.1, -0.05) is 27.7 Å². The van der Waals surface area contributed by atoms with Crippen molar-refractivity contribution in [2.45, 2.75) is 59.3 Å². The second-order valence-corrected chi connectivity index (χ2v) is 6.81. The maximum atomic E-state index is 12.1. The average Bonchev–Trinajstić information content (AvgIpc) is 2.61. The predicted octanol–water partition coefficient (Wildman–Crippen LogP) is 4.20. The summed E-state index contributed by atoms with van der Waals surface area (Å²) in [5.41, 5.74) is 1.14. The first-order chi connectivity index (χ1) is 7.96. The minimum absolute atomic E-state index is 0.0867. The van der Waals surface area contributed by atoms with Crippen LogP contribution in [0.5, 0.6) is 0 Å². The highest BCUT2D eigenvalue weighted by atomic mass is 32.1. The molecular formula is C14H21NOS.